The van der Waals surface area contributed by atoms with Gasteiger partial charge in [0.25, 0.3) is 0 Å². The summed E-state index contributed by atoms with van der Waals surface area (Å²) in [6.45, 7) is 1.47. The van der Waals surface area contributed by atoms with E-state index >= 15 is 0 Å². The van der Waals surface area contributed by atoms with Crippen LogP contribution in [-0.2, 0) is 14.3 Å². The van der Waals surface area contributed by atoms with E-state index in [0.29, 0.717) is 22.0 Å². The molecule has 3 saturated heterocycles. The van der Waals surface area contributed by atoms with Gasteiger partial charge in [-0.3, -0.25) is 9.59 Å². The largest absolute Gasteiger partial charge is 0.396 e. The van der Waals surface area contributed by atoms with Gasteiger partial charge in [0.1, 0.15) is 5.60 Å². The summed E-state index contributed by atoms with van der Waals surface area (Å²) in [5.74, 6) is -2.33. The molecular formula is C22H20N2O5. The van der Waals surface area contributed by atoms with Crippen LogP contribution < -0.4 is 4.90 Å². The van der Waals surface area contributed by atoms with Gasteiger partial charge in [0.15, 0.2) is 0 Å². The monoisotopic (exact) mass is 392 g/mol. The van der Waals surface area contributed by atoms with Crippen LogP contribution in [0.2, 0.25) is 0 Å². The molecule has 2 amide bonds. The number of rotatable bonds is 3. The Labute approximate surface area is 167 Å². The predicted molar refractivity (Wildman–Crippen MR) is 103 cm³/mol. The fourth-order valence-electron chi connectivity index (χ4n) is 5.63. The number of nitriles is 1. The van der Waals surface area contributed by atoms with E-state index in [2.05, 4.69) is 6.07 Å². The number of aliphatic hydroxyl groups is 2. The molecule has 2 bridgehead atoms. The van der Waals surface area contributed by atoms with Gasteiger partial charge in [0.05, 0.1) is 40.9 Å². The third kappa shape index (κ3) is 2.11. The number of hydrogen-bond donors (Lipinski definition) is 2. The molecule has 0 saturated carbocycles. The van der Waals surface area contributed by atoms with Crippen LogP contribution in [0.5, 0.6) is 0 Å². The van der Waals surface area contributed by atoms with E-state index in [-0.39, 0.29) is 25.4 Å². The summed E-state index contributed by atoms with van der Waals surface area (Å²) < 4.78 is 6.09. The lowest BCUT2D eigenvalue weighted by molar-refractivity contribution is -0.134. The van der Waals surface area contributed by atoms with Crippen molar-refractivity contribution in [3.05, 3.63) is 42.0 Å². The van der Waals surface area contributed by atoms with Gasteiger partial charge in [-0.05, 0) is 19.1 Å². The summed E-state index contributed by atoms with van der Waals surface area (Å²) in [6.07, 6.45) is -0.488. The van der Waals surface area contributed by atoms with Gasteiger partial charge in [-0.15, -0.1) is 0 Å². The van der Waals surface area contributed by atoms with Crippen molar-refractivity contribution in [1.29, 1.82) is 5.26 Å². The molecule has 0 aromatic heterocycles. The van der Waals surface area contributed by atoms with E-state index in [9.17, 15) is 25.1 Å². The smallest absolute Gasteiger partial charge is 0.240 e. The van der Waals surface area contributed by atoms with Crippen LogP contribution in [0, 0.1) is 23.2 Å². The van der Waals surface area contributed by atoms with Crippen LogP contribution >= 0.6 is 0 Å². The molecule has 2 aromatic carbocycles. The van der Waals surface area contributed by atoms with E-state index in [1.807, 2.05) is 0 Å². The number of imide groups is 1. The predicted octanol–water partition coefficient (Wildman–Crippen LogP) is 1.49. The highest BCUT2D eigenvalue weighted by atomic mass is 16.6. The molecule has 148 valence electrons. The SMILES string of the molecule is CC12OC(CCO)(C[C@H]1O)[C@@H]1C(=O)N(c3ccc(C#N)c4ccccc34)C(=O)[C@@H]12. The maximum absolute atomic E-state index is 13.5. The molecule has 0 radical (unpaired) electrons. The van der Waals surface area contributed by atoms with Crippen molar-refractivity contribution in [3.8, 4) is 6.07 Å². The number of anilines is 1. The van der Waals surface area contributed by atoms with E-state index in [4.69, 9.17) is 4.74 Å². The minimum atomic E-state index is -1.16. The number of nitrogens with zero attached hydrogens (tertiary/aromatic N) is 2. The lowest BCUT2D eigenvalue weighted by atomic mass is 9.66. The molecule has 29 heavy (non-hydrogen) atoms. The zero-order valence-electron chi connectivity index (χ0n) is 15.8. The number of benzene rings is 2. The fraction of sp³-hybridized carbons (Fsp3) is 0.409. The molecule has 2 aromatic rings. The van der Waals surface area contributed by atoms with Gasteiger partial charge in [0.2, 0.25) is 11.8 Å². The zero-order chi connectivity index (χ0) is 20.6. The fourth-order valence-corrected chi connectivity index (χ4v) is 5.63. The second kappa shape index (κ2) is 5.86. The molecule has 3 heterocycles. The van der Waals surface area contributed by atoms with E-state index in [1.165, 1.54) is 4.90 Å². The van der Waals surface area contributed by atoms with E-state index < -0.39 is 35.0 Å². The average molecular weight is 392 g/mol. The first-order valence-corrected chi connectivity index (χ1v) is 9.67. The second-order valence-corrected chi connectivity index (χ2v) is 8.30. The normalized spacial score (nSPS) is 35.4. The summed E-state index contributed by atoms with van der Waals surface area (Å²) in [6, 6.07) is 12.5. The summed E-state index contributed by atoms with van der Waals surface area (Å²) in [5.41, 5.74) is -1.31. The van der Waals surface area contributed by atoms with Gasteiger partial charge < -0.3 is 14.9 Å². The second-order valence-electron chi connectivity index (χ2n) is 8.30. The summed E-state index contributed by atoms with van der Waals surface area (Å²) in [4.78, 5) is 28.2. The van der Waals surface area contributed by atoms with Crippen LogP contribution in [0.25, 0.3) is 10.8 Å². The topological polar surface area (TPSA) is 111 Å². The number of aliphatic hydroxyl groups excluding tert-OH is 2. The Bertz CT molecular complexity index is 1110. The summed E-state index contributed by atoms with van der Waals surface area (Å²) in [5, 5.41) is 30.9. The molecule has 0 spiro atoms. The minimum absolute atomic E-state index is 0.182. The molecule has 0 aliphatic carbocycles. The first-order chi connectivity index (χ1) is 13.9. The van der Waals surface area contributed by atoms with Crippen LogP contribution in [0.3, 0.4) is 0 Å². The molecule has 7 nitrogen and oxygen atoms in total. The first-order valence-electron chi connectivity index (χ1n) is 9.67. The van der Waals surface area contributed by atoms with Crippen LogP contribution in [-0.4, -0.2) is 45.9 Å². The maximum atomic E-state index is 13.5. The number of ether oxygens (including phenoxy) is 1. The molecule has 5 atom stereocenters. The van der Waals surface area contributed by atoms with Crippen molar-refractivity contribution in [2.24, 2.45) is 11.8 Å². The molecular weight excluding hydrogens is 372 g/mol. The Hall–Kier alpha value is -2.79. The number of hydrogen-bond acceptors (Lipinski definition) is 6. The minimum Gasteiger partial charge on any atom is -0.396 e. The van der Waals surface area contributed by atoms with Gasteiger partial charge in [-0.2, -0.15) is 5.26 Å². The lowest BCUT2D eigenvalue weighted by Crippen LogP contribution is -2.49. The molecule has 3 aliphatic heterocycles. The Morgan fingerprint density at radius 3 is 2.55 bits per heavy atom. The summed E-state index contributed by atoms with van der Waals surface area (Å²) in [7, 11) is 0. The summed E-state index contributed by atoms with van der Waals surface area (Å²) >= 11 is 0. The van der Waals surface area contributed by atoms with Crippen molar-refractivity contribution in [3.63, 3.8) is 0 Å². The highest BCUT2D eigenvalue weighted by Gasteiger charge is 2.76. The molecule has 5 rings (SSSR count). The quantitative estimate of drug-likeness (QED) is 0.766. The number of amides is 2. The molecule has 2 unspecified atom stereocenters. The van der Waals surface area contributed by atoms with Crippen molar-refractivity contribution < 1.29 is 24.5 Å². The molecule has 3 aliphatic rings. The molecule has 7 heteroatoms. The van der Waals surface area contributed by atoms with E-state index in [0.717, 1.165) is 0 Å². The Morgan fingerprint density at radius 1 is 1.17 bits per heavy atom. The van der Waals surface area contributed by atoms with Gasteiger partial charge >= 0.3 is 0 Å². The third-order valence-electron chi connectivity index (χ3n) is 6.91. The number of carbonyl (C=O) groups is 2. The standard InChI is InChI=1S/C22H20N2O5/c1-21-16(26)10-22(29-21,8-9-25)18-17(21)19(27)24(20(18)28)15-7-6-12(11-23)13-4-2-3-5-14(13)15/h2-7,16-18,25-26H,8-10H2,1H3/t16-,17-,18+,21?,22?/m1/s1. The van der Waals surface area contributed by atoms with Crippen molar-refractivity contribution in [2.45, 2.75) is 37.1 Å². The first kappa shape index (κ1) is 18.3. The van der Waals surface area contributed by atoms with Crippen molar-refractivity contribution in [1.82, 2.24) is 0 Å². The Balaban J connectivity index is 1.68. The van der Waals surface area contributed by atoms with E-state index in [1.54, 1.807) is 43.3 Å². The van der Waals surface area contributed by atoms with Crippen LogP contribution in [0.15, 0.2) is 36.4 Å². The number of carbonyl (C=O) groups excluding carboxylic acids is 2. The van der Waals surface area contributed by atoms with Gasteiger partial charge in [-0.25, -0.2) is 4.90 Å². The van der Waals surface area contributed by atoms with Crippen LogP contribution in [0.1, 0.15) is 25.3 Å². The highest BCUT2D eigenvalue weighted by molar-refractivity contribution is 6.26. The van der Waals surface area contributed by atoms with Crippen molar-refractivity contribution >= 4 is 28.3 Å². The third-order valence-corrected chi connectivity index (χ3v) is 6.91. The van der Waals surface area contributed by atoms with Gasteiger partial charge in [0, 0.05) is 30.2 Å². The molecule has 3 fully saturated rings. The van der Waals surface area contributed by atoms with Crippen LogP contribution in [0.4, 0.5) is 5.69 Å². The highest BCUT2D eigenvalue weighted by Crippen LogP contribution is 2.62. The zero-order valence-corrected chi connectivity index (χ0v) is 15.8. The molecule has 2 N–H and O–H groups in total. The Morgan fingerprint density at radius 2 is 1.86 bits per heavy atom. The average Bonchev–Trinajstić information content (AvgIpc) is 3.23. The van der Waals surface area contributed by atoms with Gasteiger partial charge in [-0.1, -0.05) is 24.3 Å². The number of fused-ring (bicyclic) bond motifs is 6. The Kier molecular flexibility index (Phi) is 3.69. The van der Waals surface area contributed by atoms with Crippen molar-refractivity contribution in [2.75, 3.05) is 11.5 Å². The maximum Gasteiger partial charge on any atom is 0.240 e. The lowest BCUT2D eigenvalue weighted by Gasteiger charge is -2.33.